The van der Waals surface area contributed by atoms with Crippen LogP contribution in [-0.2, 0) is 11.2 Å². The molecule has 0 radical (unpaired) electrons. The Balaban J connectivity index is 1.90. The summed E-state index contributed by atoms with van der Waals surface area (Å²) in [5.74, 6) is -0.453. The zero-order chi connectivity index (χ0) is 14.5. The third kappa shape index (κ3) is 3.92. The summed E-state index contributed by atoms with van der Waals surface area (Å²) in [7, 11) is 0. The van der Waals surface area contributed by atoms with Crippen molar-refractivity contribution in [3.8, 4) is 0 Å². The van der Waals surface area contributed by atoms with Gasteiger partial charge < -0.3 is 5.32 Å². The van der Waals surface area contributed by atoms with E-state index in [-0.39, 0.29) is 11.7 Å². The maximum Gasteiger partial charge on any atom is 0.224 e. The highest BCUT2D eigenvalue weighted by Gasteiger charge is 2.04. The molecule has 2 nitrogen and oxygen atoms in total. The maximum absolute atomic E-state index is 13.0. The second-order valence-electron chi connectivity index (χ2n) is 4.98. The molecule has 0 aromatic heterocycles. The predicted molar refractivity (Wildman–Crippen MR) is 79.3 cm³/mol. The molecule has 0 atom stereocenters. The fourth-order valence-electron chi connectivity index (χ4n) is 2.01. The minimum absolute atomic E-state index is 0.103. The van der Waals surface area contributed by atoms with E-state index in [1.54, 1.807) is 12.1 Å². The molecular weight excluding hydrogens is 253 g/mol. The van der Waals surface area contributed by atoms with Crippen molar-refractivity contribution in [2.45, 2.75) is 26.7 Å². The molecule has 20 heavy (non-hydrogen) atoms. The molecule has 2 aromatic carbocycles. The monoisotopic (exact) mass is 271 g/mol. The number of nitrogens with one attached hydrogen (secondary N) is 1. The molecule has 1 amide bonds. The van der Waals surface area contributed by atoms with E-state index in [9.17, 15) is 9.18 Å². The van der Waals surface area contributed by atoms with Gasteiger partial charge in [0.15, 0.2) is 0 Å². The molecule has 0 aliphatic rings. The number of aryl methyl sites for hydroxylation is 3. The van der Waals surface area contributed by atoms with E-state index in [1.165, 1.54) is 23.3 Å². The summed E-state index contributed by atoms with van der Waals surface area (Å²) in [6.07, 6.45) is 1.07. The first-order chi connectivity index (χ1) is 9.54. The Morgan fingerprint density at radius 2 is 1.90 bits per heavy atom. The Morgan fingerprint density at radius 1 is 1.10 bits per heavy atom. The highest BCUT2D eigenvalue weighted by Crippen LogP contribution is 2.13. The first kappa shape index (κ1) is 14.3. The van der Waals surface area contributed by atoms with E-state index in [4.69, 9.17) is 0 Å². The molecule has 2 rings (SSSR count). The fourth-order valence-corrected chi connectivity index (χ4v) is 2.01. The van der Waals surface area contributed by atoms with Crippen LogP contribution in [0.2, 0.25) is 0 Å². The number of hydrogen-bond acceptors (Lipinski definition) is 1. The SMILES string of the molecule is Cc1ccc(CCC(=O)Nc2cccc(F)c2)cc1C. The highest BCUT2D eigenvalue weighted by atomic mass is 19.1. The minimum atomic E-state index is -0.350. The van der Waals surface area contributed by atoms with Gasteiger partial charge in [-0.3, -0.25) is 4.79 Å². The van der Waals surface area contributed by atoms with Gasteiger partial charge in [0, 0.05) is 12.1 Å². The average molecular weight is 271 g/mol. The van der Waals surface area contributed by atoms with Crippen LogP contribution in [0.5, 0.6) is 0 Å². The molecule has 0 aliphatic carbocycles. The van der Waals surface area contributed by atoms with E-state index >= 15 is 0 Å². The molecule has 0 fully saturated rings. The summed E-state index contributed by atoms with van der Waals surface area (Å²) in [5.41, 5.74) is 4.11. The molecule has 0 aliphatic heterocycles. The van der Waals surface area contributed by atoms with E-state index in [1.807, 2.05) is 6.07 Å². The number of anilines is 1. The minimum Gasteiger partial charge on any atom is -0.326 e. The van der Waals surface area contributed by atoms with Gasteiger partial charge in [-0.05, 0) is 55.2 Å². The van der Waals surface area contributed by atoms with Crippen LogP contribution < -0.4 is 5.32 Å². The lowest BCUT2D eigenvalue weighted by molar-refractivity contribution is -0.116. The normalized spacial score (nSPS) is 10.3. The zero-order valence-electron chi connectivity index (χ0n) is 11.7. The highest BCUT2D eigenvalue weighted by molar-refractivity contribution is 5.90. The summed E-state index contributed by atoms with van der Waals surface area (Å²) < 4.78 is 13.0. The van der Waals surface area contributed by atoms with Crippen LogP contribution >= 0.6 is 0 Å². The summed E-state index contributed by atoms with van der Waals surface area (Å²) >= 11 is 0. The Labute approximate surface area is 118 Å². The van der Waals surface area contributed by atoms with Crippen molar-refractivity contribution in [3.63, 3.8) is 0 Å². The molecule has 104 valence electrons. The first-order valence-corrected chi connectivity index (χ1v) is 6.66. The van der Waals surface area contributed by atoms with Crippen molar-refractivity contribution >= 4 is 11.6 Å². The third-order valence-corrected chi connectivity index (χ3v) is 3.32. The molecule has 0 unspecified atom stereocenters. The summed E-state index contributed by atoms with van der Waals surface area (Å²) in [4.78, 5) is 11.8. The Kier molecular flexibility index (Phi) is 4.51. The second kappa shape index (κ2) is 6.33. The smallest absolute Gasteiger partial charge is 0.224 e. The maximum atomic E-state index is 13.0. The van der Waals surface area contributed by atoms with Crippen molar-refractivity contribution in [3.05, 3.63) is 65.0 Å². The van der Waals surface area contributed by atoms with Crippen LogP contribution in [0.15, 0.2) is 42.5 Å². The Bertz CT molecular complexity index is 622. The van der Waals surface area contributed by atoms with Crippen LogP contribution in [0.4, 0.5) is 10.1 Å². The van der Waals surface area contributed by atoms with Crippen LogP contribution in [0.1, 0.15) is 23.1 Å². The van der Waals surface area contributed by atoms with Gasteiger partial charge in [-0.15, -0.1) is 0 Å². The van der Waals surface area contributed by atoms with Gasteiger partial charge in [0.25, 0.3) is 0 Å². The molecule has 0 spiro atoms. The van der Waals surface area contributed by atoms with Crippen molar-refractivity contribution < 1.29 is 9.18 Å². The number of halogens is 1. The van der Waals surface area contributed by atoms with Crippen molar-refractivity contribution in [2.75, 3.05) is 5.32 Å². The van der Waals surface area contributed by atoms with Gasteiger partial charge in [-0.2, -0.15) is 0 Å². The zero-order valence-corrected chi connectivity index (χ0v) is 11.7. The molecular formula is C17H18FNO. The summed E-state index contributed by atoms with van der Waals surface area (Å²) in [5, 5.41) is 2.70. The van der Waals surface area contributed by atoms with Gasteiger partial charge in [-0.1, -0.05) is 24.3 Å². The molecule has 2 aromatic rings. The molecule has 3 heteroatoms. The van der Waals surface area contributed by atoms with Gasteiger partial charge in [0.1, 0.15) is 5.82 Å². The lowest BCUT2D eigenvalue weighted by atomic mass is 10.0. The predicted octanol–water partition coefficient (Wildman–Crippen LogP) is 4.01. The van der Waals surface area contributed by atoms with Crippen LogP contribution in [0, 0.1) is 19.7 Å². The summed E-state index contributed by atoms with van der Waals surface area (Å²) in [6.45, 7) is 4.13. The first-order valence-electron chi connectivity index (χ1n) is 6.66. The van der Waals surface area contributed by atoms with Gasteiger partial charge in [0.2, 0.25) is 5.91 Å². The van der Waals surface area contributed by atoms with Gasteiger partial charge in [-0.25, -0.2) is 4.39 Å². The van der Waals surface area contributed by atoms with E-state index < -0.39 is 0 Å². The van der Waals surface area contributed by atoms with E-state index in [2.05, 4.69) is 31.3 Å². The van der Waals surface area contributed by atoms with Crippen molar-refractivity contribution in [1.29, 1.82) is 0 Å². The molecule has 0 bridgehead atoms. The fraction of sp³-hybridized carbons (Fsp3) is 0.235. The van der Waals surface area contributed by atoms with E-state index in [0.29, 0.717) is 18.5 Å². The van der Waals surface area contributed by atoms with Crippen LogP contribution in [0.3, 0.4) is 0 Å². The van der Waals surface area contributed by atoms with Crippen LogP contribution in [0.25, 0.3) is 0 Å². The molecule has 1 N–H and O–H groups in total. The second-order valence-corrected chi connectivity index (χ2v) is 4.98. The number of hydrogen-bond donors (Lipinski definition) is 1. The van der Waals surface area contributed by atoms with Crippen LogP contribution in [-0.4, -0.2) is 5.91 Å². The Hall–Kier alpha value is -2.16. The molecule has 0 heterocycles. The lowest BCUT2D eigenvalue weighted by Gasteiger charge is -2.07. The Morgan fingerprint density at radius 3 is 2.60 bits per heavy atom. The van der Waals surface area contributed by atoms with Gasteiger partial charge >= 0.3 is 0 Å². The standard InChI is InChI=1S/C17H18FNO/c1-12-6-7-14(10-13(12)2)8-9-17(20)19-16-5-3-4-15(18)11-16/h3-7,10-11H,8-9H2,1-2H3,(H,19,20). The quantitative estimate of drug-likeness (QED) is 0.894. The van der Waals surface area contributed by atoms with Crippen molar-refractivity contribution in [1.82, 2.24) is 0 Å². The number of amides is 1. The number of benzene rings is 2. The topological polar surface area (TPSA) is 29.1 Å². The lowest BCUT2D eigenvalue weighted by Crippen LogP contribution is -2.12. The van der Waals surface area contributed by atoms with Crippen molar-refractivity contribution in [2.24, 2.45) is 0 Å². The third-order valence-electron chi connectivity index (χ3n) is 3.32. The van der Waals surface area contributed by atoms with Gasteiger partial charge in [0.05, 0.1) is 0 Å². The average Bonchev–Trinajstić information content (AvgIpc) is 2.40. The molecule has 0 saturated heterocycles. The largest absolute Gasteiger partial charge is 0.326 e. The number of rotatable bonds is 4. The molecule has 0 saturated carbocycles. The van der Waals surface area contributed by atoms with E-state index in [0.717, 1.165) is 5.56 Å². The number of carbonyl (C=O) groups is 1. The summed E-state index contributed by atoms with van der Waals surface area (Å²) in [6, 6.07) is 12.1. The number of carbonyl (C=O) groups excluding carboxylic acids is 1.